The predicted octanol–water partition coefficient (Wildman–Crippen LogP) is 3.24. The maximum atomic E-state index is 6.10. The lowest BCUT2D eigenvalue weighted by atomic mass is 9.92. The molecule has 5 rings (SSSR count). The Hall–Kier alpha value is -2.41. The van der Waals surface area contributed by atoms with E-state index >= 15 is 0 Å². The van der Waals surface area contributed by atoms with Crippen molar-refractivity contribution >= 4 is 0 Å². The summed E-state index contributed by atoms with van der Waals surface area (Å²) >= 11 is 0. The van der Waals surface area contributed by atoms with Crippen LogP contribution in [0.1, 0.15) is 55.3 Å². The third-order valence-corrected chi connectivity index (χ3v) is 5.17. The fourth-order valence-electron chi connectivity index (χ4n) is 3.72. The summed E-state index contributed by atoms with van der Waals surface area (Å²) in [6.07, 6.45) is 8.22. The third-order valence-electron chi connectivity index (χ3n) is 5.17. The predicted molar refractivity (Wildman–Crippen MR) is 89.9 cm³/mol. The van der Waals surface area contributed by atoms with Gasteiger partial charge in [-0.3, -0.25) is 4.68 Å². The monoisotopic (exact) mass is 339 g/mol. The van der Waals surface area contributed by atoms with Crippen LogP contribution in [0.25, 0.3) is 11.6 Å². The molecule has 7 nitrogen and oxygen atoms in total. The van der Waals surface area contributed by atoms with Crippen LogP contribution < -0.4 is 0 Å². The van der Waals surface area contributed by atoms with E-state index in [-0.39, 0.29) is 12.0 Å². The molecule has 0 radical (unpaired) electrons. The molecule has 2 fully saturated rings. The molecule has 0 amide bonds. The summed E-state index contributed by atoms with van der Waals surface area (Å²) in [5.41, 5.74) is 2.06. The van der Waals surface area contributed by atoms with Crippen molar-refractivity contribution in [2.45, 2.75) is 43.7 Å². The Kier molecular flexibility index (Phi) is 3.48. The molecule has 0 unspecified atom stereocenters. The van der Waals surface area contributed by atoms with E-state index in [2.05, 4.69) is 26.1 Å². The number of aromatic nitrogens is 5. The molecule has 3 aromatic rings. The molecule has 130 valence electrons. The molecule has 0 N–H and O–H groups in total. The van der Waals surface area contributed by atoms with Crippen LogP contribution in [0.4, 0.5) is 0 Å². The lowest BCUT2D eigenvalue weighted by Crippen LogP contribution is -2.23. The normalized spacial score (nSPS) is 23.9. The van der Waals surface area contributed by atoms with Gasteiger partial charge in [0.2, 0.25) is 5.89 Å². The topological polar surface area (TPSA) is 70.9 Å². The number of ether oxygens (including phenoxy) is 1. The molecule has 7 heteroatoms. The van der Waals surface area contributed by atoms with Crippen molar-refractivity contribution in [3.8, 4) is 11.6 Å². The second-order valence-corrected chi connectivity index (χ2v) is 6.90. The quantitative estimate of drug-likeness (QED) is 0.730. The Balaban J connectivity index is 1.47. The molecule has 2 aliphatic rings. The Morgan fingerprint density at radius 2 is 2.08 bits per heavy atom. The Bertz CT molecular complexity index is 876. The van der Waals surface area contributed by atoms with Crippen molar-refractivity contribution in [3.05, 3.63) is 42.2 Å². The number of rotatable bonds is 4. The average molecular weight is 339 g/mol. The number of hydrogen-bond donors (Lipinski definition) is 0. The van der Waals surface area contributed by atoms with E-state index in [1.807, 2.05) is 29.9 Å². The maximum absolute atomic E-state index is 6.10. The molecule has 0 bridgehead atoms. The van der Waals surface area contributed by atoms with Crippen LogP contribution in [0, 0.1) is 0 Å². The number of nitrogens with zero attached hydrogens (tertiary/aromatic N) is 5. The average Bonchev–Trinajstić information content (AvgIpc) is 3.04. The van der Waals surface area contributed by atoms with Crippen LogP contribution in [0.15, 0.2) is 35.0 Å². The van der Waals surface area contributed by atoms with Gasteiger partial charge in [-0.2, -0.15) is 5.10 Å². The zero-order valence-corrected chi connectivity index (χ0v) is 14.2. The summed E-state index contributed by atoms with van der Waals surface area (Å²) in [6, 6.07) is 6.67. The van der Waals surface area contributed by atoms with Gasteiger partial charge < -0.3 is 13.7 Å². The summed E-state index contributed by atoms with van der Waals surface area (Å²) in [4.78, 5) is 0. The summed E-state index contributed by atoms with van der Waals surface area (Å²) in [7, 11) is 1.94. The van der Waals surface area contributed by atoms with Crippen molar-refractivity contribution < 1.29 is 9.15 Å². The Labute approximate surface area is 145 Å². The minimum absolute atomic E-state index is 0.0646. The number of hydrogen-bond acceptors (Lipinski definition) is 5. The van der Waals surface area contributed by atoms with Crippen molar-refractivity contribution in [2.75, 3.05) is 6.61 Å². The van der Waals surface area contributed by atoms with Crippen LogP contribution >= 0.6 is 0 Å². The van der Waals surface area contributed by atoms with Crippen molar-refractivity contribution in [2.24, 2.45) is 7.05 Å². The second-order valence-electron chi connectivity index (χ2n) is 6.90. The first-order chi connectivity index (χ1) is 12.3. The maximum Gasteiger partial charge on any atom is 0.264 e. The highest BCUT2D eigenvalue weighted by atomic mass is 16.5. The van der Waals surface area contributed by atoms with Crippen LogP contribution in [-0.4, -0.2) is 31.2 Å². The van der Waals surface area contributed by atoms with E-state index < -0.39 is 0 Å². The highest BCUT2D eigenvalue weighted by Gasteiger charge is 2.35. The summed E-state index contributed by atoms with van der Waals surface area (Å²) in [6.45, 7) is 0.748. The molecule has 2 atom stereocenters. The van der Waals surface area contributed by atoms with E-state index in [0.29, 0.717) is 17.8 Å². The van der Waals surface area contributed by atoms with Gasteiger partial charge in [-0.25, -0.2) is 0 Å². The van der Waals surface area contributed by atoms with Crippen LogP contribution in [0.5, 0.6) is 0 Å². The van der Waals surface area contributed by atoms with Gasteiger partial charge in [0.05, 0.1) is 11.6 Å². The van der Waals surface area contributed by atoms with Gasteiger partial charge in [0.25, 0.3) is 5.89 Å². The Morgan fingerprint density at radius 1 is 1.16 bits per heavy atom. The van der Waals surface area contributed by atoms with E-state index in [4.69, 9.17) is 9.15 Å². The van der Waals surface area contributed by atoms with Gasteiger partial charge in [-0.05, 0) is 43.9 Å². The van der Waals surface area contributed by atoms with Gasteiger partial charge >= 0.3 is 0 Å². The Morgan fingerprint density at radius 3 is 2.88 bits per heavy atom. The van der Waals surface area contributed by atoms with Crippen molar-refractivity contribution in [1.29, 1.82) is 0 Å². The molecule has 1 saturated heterocycles. The first-order valence-electron chi connectivity index (χ1n) is 8.91. The molecule has 1 aliphatic heterocycles. The van der Waals surface area contributed by atoms with E-state index in [9.17, 15) is 0 Å². The van der Waals surface area contributed by atoms with E-state index in [1.165, 1.54) is 12.8 Å². The summed E-state index contributed by atoms with van der Waals surface area (Å²) in [5.74, 6) is 1.32. The lowest BCUT2D eigenvalue weighted by molar-refractivity contribution is -0.0135. The highest BCUT2D eigenvalue weighted by Crippen LogP contribution is 2.42. The molecule has 1 saturated carbocycles. The van der Waals surface area contributed by atoms with Gasteiger partial charge in [0.1, 0.15) is 11.8 Å². The largest absolute Gasteiger partial charge is 0.419 e. The SMILES string of the molecule is Cn1nccc1[C@@H]1OCCC[C@H]1c1nnc(-c2cccn2C2CC2)o1. The lowest BCUT2D eigenvalue weighted by Gasteiger charge is -2.29. The molecule has 25 heavy (non-hydrogen) atoms. The van der Waals surface area contributed by atoms with Crippen LogP contribution in [0.3, 0.4) is 0 Å². The summed E-state index contributed by atoms with van der Waals surface area (Å²) < 4.78 is 16.3. The molecule has 4 heterocycles. The fourth-order valence-corrected chi connectivity index (χ4v) is 3.72. The standard InChI is InChI=1S/C18H21N5O2/c1-22-14(8-9-19-22)16-13(4-3-11-24-16)17-20-21-18(25-17)15-5-2-10-23(15)12-6-7-12/h2,5,8-10,12-13,16H,3-4,6-7,11H2,1H3/t13-,16-/m1/s1. The minimum atomic E-state index is -0.0928. The molecular weight excluding hydrogens is 318 g/mol. The smallest absolute Gasteiger partial charge is 0.264 e. The molecule has 0 aromatic carbocycles. The molecular formula is C18H21N5O2. The zero-order valence-electron chi connectivity index (χ0n) is 14.2. The third kappa shape index (κ3) is 2.59. The van der Waals surface area contributed by atoms with Crippen molar-refractivity contribution in [3.63, 3.8) is 0 Å². The van der Waals surface area contributed by atoms with E-state index in [1.54, 1.807) is 6.20 Å². The first kappa shape index (κ1) is 14.9. The molecule has 3 aromatic heterocycles. The minimum Gasteiger partial charge on any atom is -0.419 e. The summed E-state index contributed by atoms with van der Waals surface area (Å²) in [5, 5.41) is 13.0. The zero-order chi connectivity index (χ0) is 16.8. The molecule has 0 spiro atoms. The van der Waals surface area contributed by atoms with Crippen LogP contribution in [0.2, 0.25) is 0 Å². The fraction of sp³-hybridized carbons (Fsp3) is 0.500. The van der Waals surface area contributed by atoms with E-state index in [0.717, 1.165) is 30.8 Å². The highest BCUT2D eigenvalue weighted by molar-refractivity contribution is 5.48. The molecule has 1 aliphatic carbocycles. The second kappa shape index (κ2) is 5.84. The van der Waals surface area contributed by atoms with Crippen molar-refractivity contribution in [1.82, 2.24) is 24.5 Å². The number of aryl methyl sites for hydroxylation is 1. The van der Waals surface area contributed by atoms with Gasteiger partial charge in [-0.15, -0.1) is 10.2 Å². The van der Waals surface area contributed by atoms with Gasteiger partial charge in [0, 0.05) is 32.1 Å². The van der Waals surface area contributed by atoms with Gasteiger partial charge in [-0.1, -0.05) is 0 Å². The van der Waals surface area contributed by atoms with Crippen LogP contribution in [-0.2, 0) is 11.8 Å². The first-order valence-corrected chi connectivity index (χ1v) is 8.91. The van der Waals surface area contributed by atoms with Gasteiger partial charge in [0.15, 0.2) is 0 Å².